The maximum Gasteiger partial charge on any atom is 0.0649 e. The highest BCUT2D eigenvalue weighted by Gasteiger charge is 2.03. The number of halogens is 1. The molecule has 1 aromatic heterocycles. The molecule has 0 aliphatic rings. The molecule has 1 heterocycles. The van der Waals surface area contributed by atoms with Crippen LogP contribution in [0.1, 0.15) is 13.8 Å². The van der Waals surface area contributed by atoms with Crippen molar-refractivity contribution in [1.29, 1.82) is 0 Å². The number of aromatic nitrogens is 1. The van der Waals surface area contributed by atoms with E-state index in [2.05, 4.69) is 64.8 Å². The van der Waals surface area contributed by atoms with Gasteiger partial charge in [-0.3, -0.25) is 0 Å². The first-order chi connectivity index (χ1) is 7.68. The summed E-state index contributed by atoms with van der Waals surface area (Å²) in [7, 11) is 0. The fraction of sp³-hybridized carbons (Fsp3) is 0.385. The fourth-order valence-corrected chi connectivity index (χ4v) is 2.26. The molecule has 0 fully saturated rings. The Morgan fingerprint density at radius 1 is 1.31 bits per heavy atom. The first-order valence-electron chi connectivity index (χ1n) is 5.53. The highest BCUT2D eigenvalue weighted by Crippen LogP contribution is 2.24. The highest BCUT2D eigenvalue weighted by molar-refractivity contribution is 9.10. The van der Waals surface area contributed by atoms with Gasteiger partial charge in [0.05, 0.1) is 12.7 Å². The summed E-state index contributed by atoms with van der Waals surface area (Å²) in [6, 6.07) is 8.40. The molecule has 2 rings (SSSR count). The molecule has 0 saturated carbocycles. The van der Waals surface area contributed by atoms with Gasteiger partial charge in [-0.15, -0.1) is 0 Å². The molecular weight excluding hydrogens is 266 g/mol. The Kier molecular flexibility index (Phi) is 3.66. The van der Waals surface area contributed by atoms with Gasteiger partial charge in [0.1, 0.15) is 0 Å². The summed E-state index contributed by atoms with van der Waals surface area (Å²) in [5, 5.41) is 1.26. The molecule has 0 aliphatic heterocycles. The average Bonchev–Trinajstić information content (AvgIpc) is 2.63. The zero-order valence-corrected chi connectivity index (χ0v) is 11.2. The van der Waals surface area contributed by atoms with Crippen molar-refractivity contribution in [2.75, 3.05) is 6.61 Å². The third kappa shape index (κ3) is 2.47. The van der Waals surface area contributed by atoms with Gasteiger partial charge in [-0.05, 0) is 32.0 Å². The lowest BCUT2D eigenvalue weighted by Crippen LogP contribution is -2.09. The van der Waals surface area contributed by atoms with Crippen LogP contribution in [-0.4, -0.2) is 17.3 Å². The molecule has 0 radical (unpaired) electrons. The zero-order chi connectivity index (χ0) is 11.5. The van der Waals surface area contributed by atoms with E-state index in [4.69, 9.17) is 4.74 Å². The van der Waals surface area contributed by atoms with Crippen molar-refractivity contribution in [1.82, 2.24) is 4.57 Å². The smallest absolute Gasteiger partial charge is 0.0649 e. The van der Waals surface area contributed by atoms with Crippen LogP contribution < -0.4 is 0 Å². The van der Waals surface area contributed by atoms with Gasteiger partial charge in [-0.2, -0.15) is 0 Å². The van der Waals surface area contributed by atoms with E-state index in [0.717, 1.165) is 17.6 Å². The molecule has 0 N–H and O–H groups in total. The molecule has 0 amide bonds. The maximum absolute atomic E-state index is 5.56. The second-order valence-corrected chi connectivity index (χ2v) is 4.96. The van der Waals surface area contributed by atoms with Crippen LogP contribution in [0.15, 0.2) is 34.9 Å². The first-order valence-corrected chi connectivity index (χ1v) is 6.33. The number of benzene rings is 1. The van der Waals surface area contributed by atoms with E-state index < -0.39 is 0 Å². The minimum atomic E-state index is 0.300. The number of hydrogen-bond acceptors (Lipinski definition) is 1. The van der Waals surface area contributed by atoms with Crippen molar-refractivity contribution in [2.45, 2.75) is 26.5 Å². The van der Waals surface area contributed by atoms with Crippen LogP contribution in [0.25, 0.3) is 10.9 Å². The normalized spacial score (nSPS) is 11.5. The van der Waals surface area contributed by atoms with E-state index >= 15 is 0 Å². The van der Waals surface area contributed by atoms with Crippen LogP contribution in [0.3, 0.4) is 0 Å². The SMILES string of the molecule is CC(C)OCCn1ccc2c(Br)cccc21. The zero-order valence-electron chi connectivity index (χ0n) is 9.61. The van der Waals surface area contributed by atoms with Gasteiger partial charge in [-0.1, -0.05) is 22.0 Å². The van der Waals surface area contributed by atoms with Crippen molar-refractivity contribution in [3.8, 4) is 0 Å². The van der Waals surface area contributed by atoms with Crippen LogP contribution in [0.4, 0.5) is 0 Å². The Bertz CT molecular complexity index is 476. The largest absolute Gasteiger partial charge is 0.377 e. The minimum Gasteiger partial charge on any atom is -0.377 e. The lowest BCUT2D eigenvalue weighted by molar-refractivity contribution is 0.0733. The lowest BCUT2D eigenvalue weighted by atomic mass is 10.2. The molecule has 3 heteroatoms. The Labute approximate surface area is 104 Å². The highest BCUT2D eigenvalue weighted by atomic mass is 79.9. The van der Waals surface area contributed by atoms with Crippen molar-refractivity contribution in [3.05, 3.63) is 34.9 Å². The third-order valence-electron chi connectivity index (χ3n) is 2.54. The standard InChI is InChI=1S/C13H16BrNO/c1-10(2)16-9-8-15-7-6-11-12(14)4-3-5-13(11)15/h3-7,10H,8-9H2,1-2H3. The molecule has 0 atom stereocenters. The molecular formula is C13H16BrNO. The summed E-state index contributed by atoms with van der Waals surface area (Å²) in [5.41, 5.74) is 1.25. The van der Waals surface area contributed by atoms with Crippen molar-refractivity contribution < 1.29 is 4.74 Å². The van der Waals surface area contributed by atoms with E-state index in [0.29, 0.717) is 6.10 Å². The quantitative estimate of drug-likeness (QED) is 0.831. The summed E-state index contributed by atoms with van der Waals surface area (Å²) >= 11 is 3.56. The molecule has 0 saturated heterocycles. The van der Waals surface area contributed by atoms with Crippen LogP contribution in [-0.2, 0) is 11.3 Å². The maximum atomic E-state index is 5.56. The van der Waals surface area contributed by atoms with Gasteiger partial charge in [0.15, 0.2) is 0 Å². The Morgan fingerprint density at radius 3 is 2.88 bits per heavy atom. The predicted molar refractivity (Wildman–Crippen MR) is 70.7 cm³/mol. The Hall–Kier alpha value is -0.800. The number of fused-ring (bicyclic) bond motifs is 1. The molecule has 0 spiro atoms. The summed E-state index contributed by atoms with van der Waals surface area (Å²) in [6.07, 6.45) is 2.41. The molecule has 2 aromatic rings. The van der Waals surface area contributed by atoms with E-state index in [1.165, 1.54) is 10.9 Å². The molecule has 86 valence electrons. The Morgan fingerprint density at radius 2 is 2.12 bits per heavy atom. The number of nitrogens with zero attached hydrogens (tertiary/aromatic N) is 1. The molecule has 2 nitrogen and oxygen atoms in total. The van der Waals surface area contributed by atoms with Gasteiger partial charge in [0.2, 0.25) is 0 Å². The molecule has 0 bridgehead atoms. The van der Waals surface area contributed by atoms with E-state index in [1.807, 2.05) is 0 Å². The summed E-state index contributed by atoms with van der Waals surface area (Å²) < 4.78 is 8.93. The Balaban J connectivity index is 2.16. The number of hydrogen-bond donors (Lipinski definition) is 0. The van der Waals surface area contributed by atoms with Gasteiger partial charge in [0.25, 0.3) is 0 Å². The topological polar surface area (TPSA) is 14.2 Å². The van der Waals surface area contributed by atoms with Crippen LogP contribution >= 0.6 is 15.9 Å². The predicted octanol–water partition coefficient (Wildman–Crippen LogP) is 3.83. The van der Waals surface area contributed by atoms with Crippen LogP contribution in [0.2, 0.25) is 0 Å². The first kappa shape index (κ1) is 11.7. The molecule has 1 aromatic carbocycles. The molecule has 16 heavy (non-hydrogen) atoms. The number of ether oxygens (including phenoxy) is 1. The monoisotopic (exact) mass is 281 g/mol. The van der Waals surface area contributed by atoms with Gasteiger partial charge >= 0.3 is 0 Å². The van der Waals surface area contributed by atoms with E-state index in [1.54, 1.807) is 0 Å². The summed E-state index contributed by atoms with van der Waals surface area (Å²) in [5.74, 6) is 0. The van der Waals surface area contributed by atoms with Crippen molar-refractivity contribution >= 4 is 26.8 Å². The van der Waals surface area contributed by atoms with Gasteiger partial charge in [0, 0.05) is 28.1 Å². The number of rotatable bonds is 4. The second kappa shape index (κ2) is 5.02. The van der Waals surface area contributed by atoms with Crippen molar-refractivity contribution in [2.24, 2.45) is 0 Å². The van der Waals surface area contributed by atoms with Crippen molar-refractivity contribution in [3.63, 3.8) is 0 Å². The van der Waals surface area contributed by atoms with E-state index in [-0.39, 0.29) is 0 Å². The van der Waals surface area contributed by atoms with Gasteiger partial charge in [-0.25, -0.2) is 0 Å². The average molecular weight is 282 g/mol. The molecule has 0 unspecified atom stereocenters. The second-order valence-electron chi connectivity index (χ2n) is 4.10. The molecule has 0 aliphatic carbocycles. The van der Waals surface area contributed by atoms with Crippen LogP contribution in [0, 0.1) is 0 Å². The minimum absolute atomic E-state index is 0.300. The van der Waals surface area contributed by atoms with Gasteiger partial charge < -0.3 is 9.30 Å². The summed E-state index contributed by atoms with van der Waals surface area (Å²) in [6.45, 7) is 5.78. The van der Waals surface area contributed by atoms with Crippen LogP contribution in [0.5, 0.6) is 0 Å². The fourth-order valence-electron chi connectivity index (χ4n) is 1.77. The lowest BCUT2D eigenvalue weighted by Gasteiger charge is -2.09. The van der Waals surface area contributed by atoms with E-state index in [9.17, 15) is 0 Å². The third-order valence-corrected chi connectivity index (χ3v) is 3.24. The summed E-state index contributed by atoms with van der Waals surface area (Å²) in [4.78, 5) is 0.